The molecule has 1 amide bonds. The van der Waals surface area contributed by atoms with Gasteiger partial charge in [0.1, 0.15) is 12.4 Å². The van der Waals surface area contributed by atoms with Crippen LogP contribution in [0.1, 0.15) is 37.3 Å². The van der Waals surface area contributed by atoms with Crippen LogP contribution in [0.15, 0.2) is 60.7 Å². The number of amides is 1. The second-order valence-electron chi connectivity index (χ2n) is 9.38. The Kier molecular flexibility index (Phi) is 7.48. The number of piperazine rings is 1. The van der Waals surface area contributed by atoms with E-state index in [0.29, 0.717) is 32.3 Å². The highest BCUT2D eigenvalue weighted by Crippen LogP contribution is 2.30. The molecular formula is C28H33N3O3S. The Morgan fingerprint density at radius 1 is 1.09 bits per heavy atom. The van der Waals surface area contributed by atoms with E-state index in [1.807, 2.05) is 17.0 Å². The molecule has 35 heavy (non-hydrogen) atoms. The van der Waals surface area contributed by atoms with Crippen LogP contribution in [0.2, 0.25) is 0 Å². The summed E-state index contributed by atoms with van der Waals surface area (Å²) in [4.78, 5) is 21.9. The van der Waals surface area contributed by atoms with Crippen LogP contribution in [0.5, 0.6) is 5.75 Å². The maximum atomic E-state index is 13.2. The Labute approximate surface area is 211 Å². The number of carbonyl (C=O) groups is 1. The van der Waals surface area contributed by atoms with Crippen LogP contribution in [0.3, 0.4) is 0 Å². The van der Waals surface area contributed by atoms with Gasteiger partial charge in [0.15, 0.2) is 0 Å². The first-order chi connectivity index (χ1) is 17.1. The zero-order chi connectivity index (χ0) is 24.2. The van der Waals surface area contributed by atoms with Gasteiger partial charge in [-0.15, -0.1) is 11.3 Å². The number of hydrogen-bond acceptors (Lipinski definition) is 6. The summed E-state index contributed by atoms with van der Waals surface area (Å²) in [6.07, 6.45) is 0. The van der Waals surface area contributed by atoms with Crippen molar-refractivity contribution in [3.05, 3.63) is 87.1 Å². The molecule has 3 aromatic rings. The van der Waals surface area contributed by atoms with Gasteiger partial charge in [-0.25, -0.2) is 0 Å². The summed E-state index contributed by atoms with van der Waals surface area (Å²) in [6.45, 7) is 6.15. The molecule has 0 radical (unpaired) electrons. The predicted octanol–water partition coefficient (Wildman–Crippen LogP) is 4.42. The Morgan fingerprint density at radius 2 is 1.94 bits per heavy atom. The van der Waals surface area contributed by atoms with Crippen molar-refractivity contribution in [2.45, 2.75) is 25.7 Å². The zero-order valence-corrected chi connectivity index (χ0v) is 21.3. The van der Waals surface area contributed by atoms with E-state index in [0.717, 1.165) is 47.2 Å². The van der Waals surface area contributed by atoms with Crippen molar-refractivity contribution in [2.75, 3.05) is 46.9 Å². The van der Waals surface area contributed by atoms with E-state index in [9.17, 15) is 4.79 Å². The van der Waals surface area contributed by atoms with E-state index in [2.05, 4.69) is 65.4 Å². The van der Waals surface area contributed by atoms with Crippen molar-refractivity contribution in [1.29, 1.82) is 0 Å². The molecule has 184 valence electrons. The van der Waals surface area contributed by atoms with Gasteiger partial charge in [0, 0.05) is 56.3 Å². The molecule has 7 heteroatoms. The molecule has 2 aromatic carbocycles. The van der Waals surface area contributed by atoms with E-state index in [1.54, 1.807) is 7.11 Å². The maximum absolute atomic E-state index is 13.2. The predicted molar refractivity (Wildman–Crippen MR) is 139 cm³/mol. The van der Waals surface area contributed by atoms with Crippen LogP contribution in [-0.2, 0) is 24.4 Å². The SMILES string of the molecule is COCc1ccc(C(=O)N2CCOc3ccc(CN4CCN(C)C[C@@H]4c4ccccc4)cc3C2)s1. The molecule has 1 aromatic heterocycles. The first-order valence-corrected chi connectivity index (χ1v) is 13.0. The second kappa shape index (κ2) is 10.9. The number of thiophene rings is 1. The molecule has 5 rings (SSSR count). The van der Waals surface area contributed by atoms with Crippen LogP contribution in [-0.4, -0.2) is 67.6 Å². The standard InChI is InChI=1S/C28H33N3O3S/c1-29-12-13-30(25(19-29)22-6-4-3-5-7-22)17-21-8-10-26-23(16-21)18-31(14-15-34-26)28(32)27-11-9-24(35-27)20-33-2/h3-11,16,25H,12-15,17-20H2,1-2H3/t25-/m1/s1. The number of benzene rings is 2. The van der Waals surface area contributed by atoms with Gasteiger partial charge in [-0.05, 0) is 42.4 Å². The van der Waals surface area contributed by atoms with Gasteiger partial charge in [0.05, 0.1) is 18.0 Å². The molecule has 2 aliphatic rings. The third-order valence-electron chi connectivity index (χ3n) is 6.82. The van der Waals surface area contributed by atoms with E-state index in [1.165, 1.54) is 22.5 Å². The van der Waals surface area contributed by atoms with Crippen molar-refractivity contribution in [3.63, 3.8) is 0 Å². The Hall–Kier alpha value is -2.71. The van der Waals surface area contributed by atoms with Gasteiger partial charge in [-0.1, -0.05) is 36.4 Å². The minimum absolute atomic E-state index is 0.0578. The number of carbonyl (C=O) groups excluding carboxylic acids is 1. The summed E-state index contributed by atoms with van der Waals surface area (Å²) in [6, 6.07) is 21.5. The van der Waals surface area contributed by atoms with E-state index in [4.69, 9.17) is 9.47 Å². The fourth-order valence-electron chi connectivity index (χ4n) is 4.96. The molecule has 0 bridgehead atoms. The molecule has 1 atom stereocenters. The lowest BCUT2D eigenvalue weighted by atomic mass is 10.0. The van der Waals surface area contributed by atoms with E-state index >= 15 is 0 Å². The first-order valence-electron chi connectivity index (χ1n) is 12.2. The summed E-state index contributed by atoms with van der Waals surface area (Å²) < 4.78 is 11.2. The topological polar surface area (TPSA) is 45.2 Å². The molecule has 0 unspecified atom stereocenters. The number of rotatable bonds is 6. The molecule has 0 aliphatic carbocycles. The summed E-state index contributed by atoms with van der Waals surface area (Å²) in [5.74, 6) is 0.940. The molecule has 3 heterocycles. The second-order valence-corrected chi connectivity index (χ2v) is 10.5. The lowest BCUT2D eigenvalue weighted by Crippen LogP contribution is -2.46. The molecule has 0 N–H and O–H groups in total. The van der Waals surface area contributed by atoms with Crippen molar-refractivity contribution >= 4 is 17.2 Å². The molecule has 1 fully saturated rings. The highest BCUT2D eigenvalue weighted by atomic mass is 32.1. The normalized spacial score (nSPS) is 19.1. The van der Waals surface area contributed by atoms with E-state index in [-0.39, 0.29) is 5.91 Å². The summed E-state index contributed by atoms with van der Waals surface area (Å²) in [5, 5.41) is 0. The number of hydrogen-bond donors (Lipinski definition) is 0. The lowest BCUT2D eigenvalue weighted by molar-refractivity contribution is 0.0738. The Balaban J connectivity index is 1.33. The smallest absolute Gasteiger partial charge is 0.264 e. The molecular weight excluding hydrogens is 458 g/mol. The quantitative estimate of drug-likeness (QED) is 0.511. The lowest BCUT2D eigenvalue weighted by Gasteiger charge is -2.40. The van der Waals surface area contributed by atoms with Gasteiger partial charge in [-0.3, -0.25) is 9.69 Å². The third kappa shape index (κ3) is 5.59. The van der Waals surface area contributed by atoms with Crippen LogP contribution in [0.25, 0.3) is 0 Å². The van der Waals surface area contributed by atoms with Crippen molar-refractivity contribution in [1.82, 2.24) is 14.7 Å². The molecule has 6 nitrogen and oxygen atoms in total. The molecule has 1 saturated heterocycles. The minimum atomic E-state index is 0.0578. The fourth-order valence-corrected chi connectivity index (χ4v) is 5.91. The highest BCUT2D eigenvalue weighted by molar-refractivity contribution is 7.14. The summed E-state index contributed by atoms with van der Waals surface area (Å²) >= 11 is 1.50. The largest absolute Gasteiger partial charge is 0.491 e. The number of ether oxygens (including phenoxy) is 2. The van der Waals surface area contributed by atoms with Gasteiger partial charge in [-0.2, -0.15) is 0 Å². The van der Waals surface area contributed by atoms with Crippen molar-refractivity contribution in [2.24, 2.45) is 0 Å². The number of likely N-dealkylation sites (N-methyl/N-ethyl adjacent to an activating group) is 1. The van der Waals surface area contributed by atoms with Crippen molar-refractivity contribution < 1.29 is 14.3 Å². The van der Waals surface area contributed by atoms with Crippen LogP contribution in [0, 0.1) is 0 Å². The highest BCUT2D eigenvalue weighted by Gasteiger charge is 2.27. The maximum Gasteiger partial charge on any atom is 0.264 e. The van der Waals surface area contributed by atoms with Gasteiger partial charge >= 0.3 is 0 Å². The van der Waals surface area contributed by atoms with Crippen LogP contribution in [0.4, 0.5) is 0 Å². The molecule has 2 aliphatic heterocycles. The average Bonchev–Trinajstić information content (AvgIpc) is 3.24. The first kappa shape index (κ1) is 24.0. The molecule has 0 spiro atoms. The van der Waals surface area contributed by atoms with Gasteiger partial charge < -0.3 is 19.3 Å². The third-order valence-corrected chi connectivity index (χ3v) is 7.86. The average molecular weight is 492 g/mol. The molecule has 0 saturated carbocycles. The van der Waals surface area contributed by atoms with Crippen LogP contribution >= 0.6 is 11.3 Å². The number of nitrogens with zero attached hydrogens (tertiary/aromatic N) is 3. The minimum Gasteiger partial charge on any atom is -0.491 e. The van der Waals surface area contributed by atoms with E-state index < -0.39 is 0 Å². The summed E-state index contributed by atoms with van der Waals surface area (Å²) in [5.41, 5.74) is 3.69. The van der Waals surface area contributed by atoms with Crippen molar-refractivity contribution in [3.8, 4) is 5.75 Å². The fraction of sp³-hybridized carbons (Fsp3) is 0.393. The zero-order valence-electron chi connectivity index (χ0n) is 20.5. The Bertz CT molecular complexity index is 1150. The number of methoxy groups -OCH3 is 1. The Morgan fingerprint density at radius 3 is 2.77 bits per heavy atom. The van der Waals surface area contributed by atoms with Gasteiger partial charge in [0.2, 0.25) is 0 Å². The van der Waals surface area contributed by atoms with Gasteiger partial charge in [0.25, 0.3) is 5.91 Å². The monoisotopic (exact) mass is 491 g/mol. The summed E-state index contributed by atoms with van der Waals surface area (Å²) in [7, 11) is 3.87. The van der Waals surface area contributed by atoms with Crippen LogP contribution < -0.4 is 4.74 Å². The number of fused-ring (bicyclic) bond motifs is 1.